The summed E-state index contributed by atoms with van der Waals surface area (Å²) in [4.78, 5) is 15.9. The monoisotopic (exact) mass is 356 g/mol. The molecule has 2 aromatic rings. The van der Waals surface area contributed by atoms with E-state index in [2.05, 4.69) is 42.6 Å². The molecule has 7 nitrogen and oxygen atoms in total. The second-order valence-corrected chi connectivity index (χ2v) is 6.52. The molecule has 3 rings (SSSR count). The van der Waals surface area contributed by atoms with Gasteiger partial charge < -0.3 is 20.0 Å². The first-order valence-corrected chi connectivity index (χ1v) is 9.30. The van der Waals surface area contributed by atoms with Gasteiger partial charge in [-0.15, -0.1) is 0 Å². The van der Waals surface area contributed by atoms with E-state index >= 15 is 0 Å². The number of nitrogens with one attached hydrogen (secondary N) is 2. The maximum atomic E-state index is 5.60. The lowest BCUT2D eigenvalue weighted by molar-refractivity contribution is 0.463. The Kier molecular flexibility index (Phi) is 6.09. The highest BCUT2D eigenvalue weighted by molar-refractivity contribution is 5.79. The third kappa shape index (κ3) is 4.74. The Morgan fingerprint density at radius 1 is 1.23 bits per heavy atom. The molecular weight excluding hydrogens is 328 g/mol. The van der Waals surface area contributed by atoms with Crippen molar-refractivity contribution in [2.45, 2.75) is 46.7 Å². The molecule has 1 saturated heterocycles. The number of oxazole rings is 1. The van der Waals surface area contributed by atoms with Crippen molar-refractivity contribution in [2.75, 3.05) is 24.5 Å². The van der Waals surface area contributed by atoms with Crippen LogP contribution in [-0.4, -0.2) is 35.6 Å². The number of anilines is 1. The minimum absolute atomic E-state index is 0.507. The highest BCUT2D eigenvalue weighted by Gasteiger charge is 2.13. The van der Waals surface area contributed by atoms with Gasteiger partial charge in [-0.25, -0.2) is 15.0 Å². The predicted molar refractivity (Wildman–Crippen MR) is 103 cm³/mol. The summed E-state index contributed by atoms with van der Waals surface area (Å²) in [6.07, 6.45) is 4.44. The third-order valence-corrected chi connectivity index (χ3v) is 4.48. The van der Waals surface area contributed by atoms with E-state index in [1.165, 1.54) is 12.8 Å². The molecule has 3 heterocycles. The minimum atomic E-state index is 0.507. The van der Waals surface area contributed by atoms with Crippen LogP contribution in [0.3, 0.4) is 0 Å². The highest BCUT2D eigenvalue weighted by atomic mass is 16.4. The Labute approximate surface area is 154 Å². The molecule has 1 aliphatic rings. The second-order valence-electron chi connectivity index (χ2n) is 6.52. The lowest BCUT2D eigenvalue weighted by atomic mass is 10.3. The first-order valence-electron chi connectivity index (χ1n) is 9.30. The molecule has 0 unspecified atom stereocenters. The predicted octanol–water partition coefficient (Wildman–Crippen LogP) is 2.54. The van der Waals surface area contributed by atoms with Crippen LogP contribution in [0.5, 0.6) is 0 Å². The molecule has 0 bridgehead atoms. The van der Waals surface area contributed by atoms with Gasteiger partial charge in [0.05, 0.1) is 18.8 Å². The van der Waals surface area contributed by atoms with Crippen LogP contribution in [0.15, 0.2) is 27.7 Å². The average molecular weight is 356 g/mol. The number of pyridine rings is 1. The zero-order valence-electron chi connectivity index (χ0n) is 15.9. The Morgan fingerprint density at radius 3 is 2.65 bits per heavy atom. The molecule has 2 aromatic heterocycles. The van der Waals surface area contributed by atoms with Crippen molar-refractivity contribution in [2.24, 2.45) is 4.99 Å². The number of nitrogens with zero attached hydrogens (tertiary/aromatic N) is 4. The van der Waals surface area contributed by atoms with E-state index in [0.29, 0.717) is 19.0 Å². The van der Waals surface area contributed by atoms with Crippen molar-refractivity contribution >= 4 is 11.8 Å². The molecule has 1 aliphatic heterocycles. The van der Waals surface area contributed by atoms with Gasteiger partial charge in [-0.1, -0.05) is 6.07 Å². The highest BCUT2D eigenvalue weighted by Crippen LogP contribution is 2.17. The van der Waals surface area contributed by atoms with Crippen LogP contribution in [0.1, 0.15) is 42.7 Å². The van der Waals surface area contributed by atoms with Crippen LogP contribution < -0.4 is 15.5 Å². The van der Waals surface area contributed by atoms with E-state index < -0.39 is 0 Å². The number of aliphatic imine (C=N–C) groups is 1. The van der Waals surface area contributed by atoms with Gasteiger partial charge in [0, 0.05) is 25.8 Å². The first-order chi connectivity index (χ1) is 12.7. The summed E-state index contributed by atoms with van der Waals surface area (Å²) >= 11 is 0. The minimum Gasteiger partial charge on any atom is -0.444 e. The van der Waals surface area contributed by atoms with E-state index in [0.717, 1.165) is 48.4 Å². The average Bonchev–Trinajstić information content (AvgIpc) is 3.28. The Balaban J connectivity index is 1.57. The Bertz CT molecular complexity index is 711. The van der Waals surface area contributed by atoms with Crippen molar-refractivity contribution in [3.63, 3.8) is 0 Å². The summed E-state index contributed by atoms with van der Waals surface area (Å²) in [6, 6.07) is 4.20. The summed E-state index contributed by atoms with van der Waals surface area (Å²) in [5.74, 6) is 3.33. The molecule has 7 heteroatoms. The van der Waals surface area contributed by atoms with Crippen molar-refractivity contribution in [1.29, 1.82) is 0 Å². The molecule has 1 fully saturated rings. The van der Waals surface area contributed by atoms with Gasteiger partial charge in [-0.05, 0) is 45.2 Å². The lowest BCUT2D eigenvalue weighted by Gasteiger charge is -2.16. The SMILES string of the molecule is CCNC(=NCc1ccc(N2CCCC2)nc1)NCc1nc(C)c(C)o1. The Hall–Kier alpha value is -2.57. The molecule has 0 radical (unpaired) electrons. The van der Waals surface area contributed by atoms with Gasteiger partial charge in [0.2, 0.25) is 5.89 Å². The molecule has 0 saturated carbocycles. The van der Waals surface area contributed by atoms with Gasteiger partial charge in [-0.3, -0.25) is 0 Å². The summed E-state index contributed by atoms with van der Waals surface area (Å²) in [6.45, 7) is 10.0. The van der Waals surface area contributed by atoms with E-state index in [-0.39, 0.29) is 0 Å². The van der Waals surface area contributed by atoms with Crippen molar-refractivity contribution < 1.29 is 4.42 Å². The smallest absolute Gasteiger partial charge is 0.214 e. The Morgan fingerprint density at radius 2 is 2.04 bits per heavy atom. The molecule has 0 aliphatic carbocycles. The van der Waals surface area contributed by atoms with E-state index in [9.17, 15) is 0 Å². The van der Waals surface area contributed by atoms with E-state index in [1.54, 1.807) is 0 Å². The van der Waals surface area contributed by atoms with Gasteiger partial charge in [0.1, 0.15) is 11.6 Å². The van der Waals surface area contributed by atoms with Gasteiger partial charge in [-0.2, -0.15) is 0 Å². The normalized spacial score (nSPS) is 14.7. The fourth-order valence-electron chi connectivity index (χ4n) is 2.93. The summed E-state index contributed by atoms with van der Waals surface area (Å²) < 4.78 is 5.60. The van der Waals surface area contributed by atoms with E-state index in [4.69, 9.17) is 4.42 Å². The lowest BCUT2D eigenvalue weighted by Crippen LogP contribution is -2.36. The maximum Gasteiger partial charge on any atom is 0.214 e. The topological polar surface area (TPSA) is 78.6 Å². The van der Waals surface area contributed by atoms with Crippen molar-refractivity contribution in [1.82, 2.24) is 20.6 Å². The number of rotatable bonds is 6. The largest absolute Gasteiger partial charge is 0.444 e. The molecule has 2 N–H and O–H groups in total. The zero-order chi connectivity index (χ0) is 18.4. The van der Waals surface area contributed by atoms with Crippen LogP contribution in [-0.2, 0) is 13.1 Å². The fraction of sp³-hybridized carbons (Fsp3) is 0.526. The molecule has 0 atom stereocenters. The number of aromatic nitrogens is 2. The fourth-order valence-corrected chi connectivity index (χ4v) is 2.93. The van der Waals surface area contributed by atoms with Crippen LogP contribution in [0.2, 0.25) is 0 Å². The molecule has 0 amide bonds. The van der Waals surface area contributed by atoms with Crippen LogP contribution in [0.25, 0.3) is 0 Å². The van der Waals surface area contributed by atoms with Gasteiger partial charge >= 0.3 is 0 Å². The molecule has 0 spiro atoms. The molecular formula is C19H28N6O. The second kappa shape index (κ2) is 8.69. The van der Waals surface area contributed by atoms with Gasteiger partial charge in [0.25, 0.3) is 0 Å². The number of hydrogen-bond donors (Lipinski definition) is 2. The third-order valence-electron chi connectivity index (χ3n) is 4.48. The summed E-state index contributed by atoms with van der Waals surface area (Å²) in [7, 11) is 0. The van der Waals surface area contributed by atoms with Crippen molar-refractivity contribution in [3.05, 3.63) is 41.2 Å². The van der Waals surface area contributed by atoms with Crippen LogP contribution >= 0.6 is 0 Å². The van der Waals surface area contributed by atoms with Crippen molar-refractivity contribution in [3.8, 4) is 0 Å². The van der Waals surface area contributed by atoms with Crippen LogP contribution in [0.4, 0.5) is 5.82 Å². The summed E-state index contributed by atoms with van der Waals surface area (Å²) in [5.41, 5.74) is 2.01. The first kappa shape index (κ1) is 18.2. The zero-order valence-corrected chi connectivity index (χ0v) is 15.9. The molecule has 0 aromatic carbocycles. The number of hydrogen-bond acceptors (Lipinski definition) is 5. The number of guanidine groups is 1. The summed E-state index contributed by atoms with van der Waals surface area (Å²) in [5, 5.41) is 6.50. The van der Waals surface area contributed by atoms with Gasteiger partial charge in [0.15, 0.2) is 5.96 Å². The number of aryl methyl sites for hydroxylation is 2. The standard InChI is InChI=1S/C19H28N6O/c1-4-20-19(23-13-18-24-14(2)15(3)26-18)22-12-16-7-8-17(21-11-16)25-9-5-6-10-25/h7-8,11H,4-6,9-10,12-13H2,1-3H3,(H2,20,22,23). The van der Waals surface area contributed by atoms with Crippen LogP contribution in [0, 0.1) is 13.8 Å². The van der Waals surface area contributed by atoms with E-state index in [1.807, 2.05) is 27.0 Å². The quantitative estimate of drug-likeness (QED) is 0.612. The molecule has 26 heavy (non-hydrogen) atoms. The molecule has 140 valence electrons. The maximum absolute atomic E-state index is 5.60.